The van der Waals surface area contributed by atoms with Crippen molar-refractivity contribution < 1.29 is 18.6 Å². The molecule has 0 saturated heterocycles. The van der Waals surface area contributed by atoms with Crippen LogP contribution in [-0.4, -0.2) is 29.9 Å². The van der Waals surface area contributed by atoms with Crippen molar-refractivity contribution in [1.82, 2.24) is 4.98 Å². The van der Waals surface area contributed by atoms with E-state index in [1.54, 1.807) is 24.5 Å². The van der Waals surface area contributed by atoms with E-state index in [-0.39, 0.29) is 23.7 Å². The SMILES string of the molecule is CS(=O)(=O)N(Cc1ccncc1)c1c(O)cccc1O. The van der Waals surface area contributed by atoms with Gasteiger partial charge < -0.3 is 10.2 Å². The Morgan fingerprint density at radius 1 is 1.10 bits per heavy atom. The molecule has 106 valence electrons. The average Bonchev–Trinajstić information content (AvgIpc) is 2.37. The summed E-state index contributed by atoms with van der Waals surface area (Å²) >= 11 is 0. The first kappa shape index (κ1) is 14.1. The topological polar surface area (TPSA) is 90.7 Å². The minimum atomic E-state index is -3.67. The Morgan fingerprint density at radius 2 is 1.65 bits per heavy atom. The van der Waals surface area contributed by atoms with E-state index in [0.717, 1.165) is 10.6 Å². The van der Waals surface area contributed by atoms with E-state index in [1.807, 2.05) is 0 Å². The molecule has 7 heteroatoms. The summed E-state index contributed by atoms with van der Waals surface area (Å²) in [7, 11) is -3.67. The minimum absolute atomic E-state index is 0.00745. The van der Waals surface area contributed by atoms with Crippen molar-refractivity contribution in [2.24, 2.45) is 0 Å². The maximum Gasteiger partial charge on any atom is 0.232 e. The highest BCUT2D eigenvalue weighted by Crippen LogP contribution is 2.38. The summed E-state index contributed by atoms with van der Waals surface area (Å²) in [5.74, 6) is -0.603. The Hall–Kier alpha value is -2.28. The number of phenolic OH excluding ortho intramolecular Hbond substituents is 2. The lowest BCUT2D eigenvalue weighted by Gasteiger charge is -2.24. The van der Waals surface area contributed by atoms with Gasteiger partial charge in [0, 0.05) is 12.4 Å². The van der Waals surface area contributed by atoms with Gasteiger partial charge in [-0.3, -0.25) is 9.29 Å². The van der Waals surface area contributed by atoms with Crippen LogP contribution in [0.3, 0.4) is 0 Å². The Labute approximate surface area is 117 Å². The molecule has 1 aromatic heterocycles. The smallest absolute Gasteiger partial charge is 0.232 e. The largest absolute Gasteiger partial charge is 0.506 e. The van der Waals surface area contributed by atoms with E-state index in [9.17, 15) is 18.6 Å². The van der Waals surface area contributed by atoms with Gasteiger partial charge in [-0.25, -0.2) is 8.42 Å². The summed E-state index contributed by atoms with van der Waals surface area (Å²) in [5.41, 5.74) is 0.555. The first-order valence-corrected chi connectivity index (χ1v) is 7.62. The quantitative estimate of drug-likeness (QED) is 0.891. The Bertz CT molecular complexity index is 681. The second-order valence-corrected chi connectivity index (χ2v) is 6.18. The van der Waals surface area contributed by atoms with E-state index in [2.05, 4.69) is 4.98 Å². The highest BCUT2D eigenvalue weighted by molar-refractivity contribution is 7.92. The number of pyridine rings is 1. The molecule has 2 N–H and O–H groups in total. The molecule has 1 aromatic carbocycles. The Morgan fingerprint density at radius 3 is 2.15 bits per heavy atom. The highest BCUT2D eigenvalue weighted by Gasteiger charge is 2.24. The molecule has 0 radical (unpaired) electrons. The van der Waals surface area contributed by atoms with E-state index in [0.29, 0.717) is 5.56 Å². The van der Waals surface area contributed by atoms with Gasteiger partial charge in [-0.15, -0.1) is 0 Å². The number of para-hydroxylation sites is 1. The number of benzene rings is 1. The van der Waals surface area contributed by atoms with Crippen LogP contribution in [0.4, 0.5) is 5.69 Å². The lowest BCUT2D eigenvalue weighted by molar-refractivity contribution is 0.451. The lowest BCUT2D eigenvalue weighted by atomic mass is 10.2. The summed E-state index contributed by atoms with van der Waals surface area (Å²) in [6.07, 6.45) is 4.10. The average molecular weight is 294 g/mol. The molecule has 1 heterocycles. The molecular formula is C13H14N2O4S. The monoisotopic (exact) mass is 294 g/mol. The molecule has 0 spiro atoms. The van der Waals surface area contributed by atoms with Crippen LogP contribution in [0.15, 0.2) is 42.7 Å². The molecule has 0 aliphatic heterocycles. The molecule has 0 unspecified atom stereocenters. The molecule has 0 aliphatic carbocycles. The molecule has 0 saturated carbocycles. The van der Waals surface area contributed by atoms with Gasteiger partial charge in [0.05, 0.1) is 12.8 Å². The van der Waals surface area contributed by atoms with E-state index < -0.39 is 10.0 Å². The predicted octanol–water partition coefficient (Wildman–Crippen LogP) is 1.46. The molecule has 0 amide bonds. The summed E-state index contributed by atoms with van der Waals surface area (Å²) < 4.78 is 24.8. The fourth-order valence-electron chi connectivity index (χ4n) is 1.79. The van der Waals surface area contributed by atoms with E-state index in [4.69, 9.17) is 0 Å². The summed E-state index contributed by atoms with van der Waals surface area (Å²) in [5, 5.41) is 19.6. The van der Waals surface area contributed by atoms with Crippen LogP contribution >= 0.6 is 0 Å². The number of anilines is 1. The van der Waals surface area contributed by atoms with Crippen LogP contribution in [0.1, 0.15) is 5.56 Å². The number of sulfonamides is 1. The molecule has 0 bridgehead atoms. The van der Waals surface area contributed by atoms with Crippen LogP contribution in [0.25, 0.3) is 0 Å². The standard InChI is InChI=1S/C13H14N2O4S/c1-20(18,19)15(9-10-5-7-14-8-6-10)13-11(16)3-2-4-12(13)17/h2-8,16-17H,9H2,1H3. The van der Waals surface area contributed by atoms with Gasteiger partial charge >= 0.3 is 0 Å². The van der Waals surface area contributed by atoms with E-state index >= 15 is 0 Å². The predicted molar refractivity (Wildman–Crippen MR) is 75.0 cm³/mol. The maximum absolute atomic E-state index is 11.9. The molecular weight excluding hydrogens is 280 g/mol. The van der Waals surface area contributed by atoms with E-state index in [1.165, 1.54) is 18.2 Å². The van der Waals surface area contributed by atoms with Crippen molar-refractivity contribution in [2.75, 3.05) is 10.6 Å². The van der Waals surface area contributed by atoms with Crippen molar-refractivity contribution >= 4 is 15.7 Å². The van der Waals surface area contributed by atoms with Crippen molar-refractivity contribution in [3.05, 3.63) is 48.3 Å². The third-order valence-electron chi connectivity index (χ3n) is 2.72. The van der Waals surface area contributed by atoms with Crippen LogP contribution in [0.5, 0.6) is 11.5 Å². The number of hydrogen-bond acceptors (Lipinski definition) is 5. The first-order valence-electron chi connectivity index (χ1n) is 5.77. The number of aromatic hydroxyl groups is 2. The van der Waals surface area contributed by atoms with Gasteiger partial charge in [0.25, 0.3) is 0 Å². The van der Waals surface area contributed by atoms with Crippen LogP contribution in [0, 0.1) is 0 Å². The van der Waals surface area contributed by atoms with Crippen LogP contribution in [-0.2, 0) is 16.6 Å². The van der Waals surface area contributed by atoms with Gasteiger partial charge in [0.15, 0.2) is 0 Å². The number of hydrogen-bond donors (Lipinski definition) is 2. The molecule has 2 rings (SSSR count). The van der Waals surface area contributed by atoms with Crippen molar-refractivity contribution in [2.45, 2.75) is 6.54 Å². The Kier molecular flexibility index (Phi) is 3.80. The van der Waals surface area contributed by atoms with Gasteiger partial charge in [0.2, 0.25) is 10.0 Å². The first-order chi connectivity index (χ1) is 9.39. The molecule has 0 atom stereocenters. The molecule has 6 nitrogen and oxygen atoms in total. The van der Waals surface area contributed by atoms with Gasteiger partial charge in [-0.05, 0) is 29.8 Å². The zero-order chi connectivity index (χ0) is 14.8. The zero-order valence-corrected chi connectivity index (χ0v) is 11.6. The number of phenols is 2. The fraction of sp³-hybridized carbons (Fsp3) is 0.154. The normalized spacial score (nSPS) is 11.2. The fourth-order valence-corrected chi connectivity index (χ4v) is 2.69. The zero-order valence-electron chi connectivity index (χ0n) is 10.8. The number of nitrogens with zero attached hydrogens (tertiary/aromatic N) is 2. The van der Waals surface area contributed by atoms with Crippen LogP contribution < -0.4 is 4.31 Å². The third-order valence-corrected chi connectivity index (χ3v) is 3.83. The number of rotatable bonds is 4. The second-order valence-electron chi connectivity index (χ2n) is 4.27. The second kappa shape index (κ2) is 5.38. The summed E-state index contributed by atoms with van der Waals surface area (Å²) in [4.78, 5) is 3.86. The highest BCUT2D eigenvalue weighted by atomic mass is 32.2. The maximum atomic E-state index is 11.9. The van der Waals surface area contributed by atoms with Gasteiger partial charge in [-0.2, -0.15) is 0 Å². The molecule has 0 fully saturated rings. The summed E-state index contributed by atoms with van der Waals surface area (Å²) in [6, 6.07) is 7.39. The van der Waals surface area contributed by atoms with Crippen molar-refractivity contribution in [3.63, 3.8) is 0 Å². The molecule has 2 aromatic rings. The molecule has 0 aliphatic rings. The molecule has 20 heavy (non-hydrogen) atoms. The summed E-state index contributed by atoms with van der Waals surface area (Å²) in [6.45, 7) is -0.00745. The number of aromatic nitrogens is 1. The van der Waals surface area contributed by atoms with Crippen molar-refractivity contribution in [1.29, 1.82) is 0 Å². The third kappa shape index (κ3) is 3.00. The lowest BCUT2D eigenvalue weighted by Crippen LogP contribution is -2.29. The minimum Gasteiger partial charge on any atom is -0.506 e. The van der Waals surface area contributed by atoms with Gasteiger partial charge in [0.1, 0.15) is 17.2 Å². The van der Waals surface area contributed by atoms with Gasteiger partial charge in [-0.1, -0.05) is 6.07 Å². The Balaban J connectivity index is 2.50. The van der Waals surface area contributed by atoms with Crippen LogP contribution in [0.2, 0.25) is 0 Å². The van der Waals surface area contributed by atoms with Crippen molar-refractivity contribution in [3.8, 4) is 11.5 Å².